The molecule has 0 bridgehead atoms. The highest BCUT2D eigenvalue weighted by molar-refractivity contribution is 7.80. The lowest BCUT2D eigenvalue weighted by Crippen LogP contribution is -1.88. The minimum absolute atomic E-state index is 0.110. The van der Waals surface area contributed by atoms with Gasteiger partial charge in [-0.2, -0.15) is 0 Å². The molecule has 0 amide bonds. The third-order valence-electron chi connectivity index (χ3n) is 0.398. The van der Waals surface area contributed by atoms with Gasteiger partial charge in [-0.05, 0) is 13.1 Å². The summed E-state index contributed by atoms with van der Waals surface area (Å²) in [6.45, 7) is 4.01. The van der Waals surface area contributed by atoms with Crippen LogP contribution in [-0.4, -0.2) is 11.6 Å². The van der Waals surface area contributed by atoms with E-state index >= 15 is 0 Å². The van der Waals surface area contributed by atoms with E-state index in [-0.39, 0.29) is 5.44 Å². The van der Waals surface area contributed by atoms with E-state index in [1.54, 1.807) is 0 Å². The van der Waals surface area contributed by atoms with E-state index in [1.807, 2.05) is 6.92 Å². The zero-order chi connectivity index (χ0) is 5.70. The molecule has 0 aromatic rings. The minimum Gasteiger partial charge on any atom is -0.349 e. The van der Waals surface area contributed by atoms with Crippen molar-refractivity contribution in [3.63, 3.8) is 0 Å². The van der Waals surface area contributed by atoms with Crippen molar-refractivity contribution >= 4 is 21.4 Å². The van der Waals surface area contributed by atoms with E-state index in [2.05, 4.69) is 19.6 Å². The zero-order valence-electron chi connectivity index (χ0n) is 4.64. The average Bonchev–Trinajstić information content (AvgIpc) is 1.61. The predicted molar refractivity (Wildman–Crippen MR) is 38.4 cm³/mol. The molecule has 44 valence electrons. The van der Waals surface area contributed by atoms with Crippen LogP contribution >= 0.6 is 21.4 Å². The Morgan fingerprint density at radius 1 is 1.86 bits per heavy atom. The summed E-state index contributed by atoms with van der Waals surface area (Å²) in [5, 5.41) is 0. The molecule has 0 N–H and O–H groups in total. The fourth-order valence-electron chi connectivity index (χ4n) is 0.204. The van der Waals surface area contributed by atoms with Crippen LogP contribution in [0.25, 0.3) is 0 Å². The molecule has 0 aliphatic rings. The molecule has 0 aliphatic heterocycles. The molecular weight excluding hydrogens is 127 g/mol. The fourth-order valence-corrected chi connectivity index (χ4v) is 0.835. The van der Waals surface area contributed by atoms with Gasteiger partial charge in [0.2, 0.25) is 0 Å². The molecule has 0 fully saturated rings. The maximum Gasteiger partial charge on any atom is 0.101 e. The Morgan fingerprint density at radius 2 is 2.43 bits per heavy atom. The van der Waals surface area contributed by atoms with E-state index < -0.39 is 0 Å². The number of hydrogen-bond donors (Lipinski definition) is 1. The third kappa shape index (κ3) is 6.74. The minimum atomic E-state index is 0.110. The van der Waals surface area contributed by atoms with Crippen molar-refractivity contribution in [1.29, 1.82) is 0 Å². The summed E-state index contributed by atoms with van der Waals surface area (Å²) in [4.78, 5) is 0. The standard InChI is InChI=1S/C4H11OPS/c1-3-6-5-4(2)7/h4,6-7H,3H2,1-2H3. The van der Waals surface area contributed by atoms with Gasteiger partial charge in [-0.15, -0.1) is 12.6 Å². The molecule has 3 heteroatoms. The van der Waals surface area contributed by atoms with E-state index in [0.717, 1.165) is 6.16 Å². The normalized spacial score (nSPS) is 15.9. The average molecular weight is 138 g/mol. The topological polar surface area (TPSA) is 9.23 Å². The lowest BCUT2D eigenvalue weighted by molar-refractivity contribution is 0.356. The molecular formula is C4H11OPS. The first kappa shape index (κ1) is 7.74. The Balaban J connectivity index is 2.68. The number of hydrogen-bond acceptors (Lipinski definition) is 2. The van der Waals surface area contributed by atoms with Crippen LogP contribution in [0.4, 0.5) is 0 Å². The smallest absolute Gasteiger partial charge is 0.101 e. The highest BCUT2D eigenvalue weighted by Gasteiger charge is 1.88. The second-order valence-corrected chi connectivity index (χ2v) is 3.17. The van der Waals surface area contributed by atoms with Gasteiger partial charge in [0, 0.05) is 8.81 Å². The highest BCUT2D eigenvalue weighted by Crippen LogP contribution is 2.14. The SMILES string of the molecule is CCPOC(C)S. The van der Waals surface area contributed by atoms with Gasteiger partial charge < -0.3 is 4.52 Å². The first-order chi connectivity index (χ1) is 3.27. The van der Waals surface area contributed by atoms with Crippen LogP contribution in [0.2, 0.25) is 0 Å². The summed E-state index contributed by atoms with van der Waals surface area (Å²) in [5.74, 6) is 0. The molecule has 0 aromatic carbocycles. The molecule has 0 rings (SSSR count). The molecule has 0 radical (unpaired) electrons. The van der Waals surface area contributed by atoms with E-state index in [0.29, 0.717) is 8.81 Å². The first-order valence-electron chi connectivity index (χ1n) is 2.34. The second kappa shape index (κ2) is 4.89. The summed E-state index contributed by atoms with van der Waals surface area (Å²) in [6.07, 6.45) is 1.10. The van der Waals surface area contributed by atoms with Gasteiger partial charge in [-0.3, -0.25) is 0 Å². The van der Waals surface area contributed by atoms with Crippen molar-refractivity contribution in [2.75, 3.05) is 6.16 Å². The van der Waals surface area contributed by atoms with Crippen LogP contribution in [0.15, 0.2) is 0 Å². The molecule has 0 saturated carbocycles. The van der Waals surface area contributed by atoms with E-state index in [1.165, 1.54) is 0 Å². The predicted octanol–water partition coefficient (Wildman–Crippen LogP) is 1.89. The summed E-state index contributed by atoms with van der Waals surface area (Å²) in [7, 11) is 0.619. The fraction of sp³-hybridized carbons (Fsp3) is 1.00. The molecule has 1 nitrogen and oxygen atoms in total. The van der Waals surface area contributed by atoms with E-state index in [4.69, 9.17) is 4.52 Å². The van der Waals surface area contributed by atoms with Gasteiger partial charge in [0.1, 0.15) is 5.44 Å². The molecule has 0 aromatic heterocycles. The van der Waals surface area contributed by atoms with Gasteiger partial charge in [-0.25, -0.2) is 0 Å². The third-order valence-corrected chi connectivity index (χ3v) is 1.51. The Hall–Kier alpha value is 0.740. The van der Waals surface area contributed by atoms with Crippen LogP contribution in [0.5, 0.6) is 0 Å². The number of thiol groups is 1. The maximum atomic E-state index is 5.08. The van der Waals surface area contributed by atoms with Crippen molar-refractivity contribution in [1.82, 2.24) is 0 Å². The highest BCUT2D eigenvalue weighted by atomic mass is 32.1. The Bertz CT molecular complexity index is 40.7. The monoisotopic (exact) mass is 138 g/mol. The second-order valence-electron chi connectivity index (χ2n) is 1.22. The first-order valence-corrected chi connectivity index (χ1v) is 3.97. The van der Waals surface area contributed by atoms with Gasteiger partial charge in [-0.1, -0.05) is 6.92 Å². The van der Waals surface area contributed by atoms with Crippen LogP contribution in [0.3, 0.4) is 0 Å². The van der Waals surface area contributed by atoms with Gasteiger partial charge in [0.25, 0.3) is 0 Å². The van der Waals surface area contributed by atoms with Gasteiger partial charge >= 0.3 is 0 Å². The van der Waals surface area contributed by atoms with Crippen molar-refractivity contribution < 1.29 is 4.52 Å². The molecule has 2 atom stereocenters. The quantitative estimate of drug-likeness (QED) is 0.356. The molecule has 0 spiro atoms. The molecule has 0 aliphatic carbocycles. The Labute approximate surface area is 52.1 Å². The van der Waals surface area contributed by atoms with Crippen LogP contribution < -0.4 is 0 Å². The molecule has 2 unspecified atom stereocenters. The van der Waals surface area contributed by atoms with Crippen LogP contribution in [0, 0.1) is 0 Å². The van der Waals surface area contributed by atoms with Crippen LogP contribution in [0.1, 0.15) is 13.8 Å². The molecule has 0 saturated heterocycles. The van der Waals surface area contributed by atoms with Gasteiger partial charge in [0.15, 0.2) is 0 Å². The Morgan fingerprint density at radius 3 is 2.57 bits per heavy atom. The summed E-state index contributed by atoms with van der Waals surface area (Å²) in [6, 6.07) is 0. The summed E-state index contributed by atoms with van der Waals surface area (Å²) in [5.41, 5.74) is 0.110. The summed E-state index contributed by atoms with van der Waals surface area (Å²) < 4.78 is 5.08. The van der Waals surface area contributed by atoms with Crippen molar-refractivity contribution in [2.24, 2.45) is 0 Å². The lowest BCUT2D eigenvalue weighted by Gasteiger charge is -2.01. The van der Waals surface area contributed by atoms with Crippen molar-refractivity contribution in [3.05, 3.63) is 0 Å². The van der Waals surface area contributed by atoms with Crippen molar-refractivity contribution in [3.8, 4) is 0 Å². The Kier molecular flexibility index (Phi) is 5.41. The molecule has 7 heavy (non-hydrogen) atoms. The maximum absolute atomic E-state index is 5.08. The molecule has 0 heterocycles. The zero-order valence-corrected chi connectivity index (χ0v) is 6.53. The largest absolute Gasteiger partial charge is 0.349 e. The number of rotatable bonds is 3. The van der Waals surface area contributed by atoms with Gasteiger partial charge in [0.05, 0.1) is 0 Å². The lowest BCUT2D eigenvalue weighted by atomic mass is 10.9. The van der Waals surface area contributed by atoms with E-state index in [9.17, 15) is 0 Å². The van der Waals surface area contributed by atoms with Crippen LogP contribution in [-0.2, 0) is 4.52 Å². The summed E-state index contributed by atoms with van der Waals surface area (Å²) >= 11 is 4.02. The van der Waals surface area contributed by atoms with Crippen molar-refractivity contribution in [2.45, 2.75) is 19.3 Å².